The molecule has 0 aliphatic heterocycles. The first-order valence-corrected chi connectivity index (χ1v) is 8.54. The van der Waals surface area contributed by atoms with Gasteiger partial charge in [-0.15, -0.1) is 34.2 Å². The maximum absolute atomic E-state index is 4.58. The molecule has 0 fully saturated rings. The Balaban J connectivity index is 0.00000312. The fraction of sp³-hybridized carbons (Fsp3) is 0.625. The molecule has 0 saturated heterocycles. The lowest BCUT2D eigenvalue weighted by atomic mass is 10.4. The van der Waals surface area contributed by atoms with Gasteiger partial charge in [0.2, 0.25) is 0 Å². The Bertz CT molecular complexity index is 661. The van der Waals surface area contributed by atoms with Gasteiger partial charge in [-0.05, 0) is 40.2 Å². The van der Waals surface area contributed by atoms with Crippen LogP contribution in [-0.4, -0.2) is 43.6 Å². The Morgan fingerprint density at radius 3 is 2.68 bits per heavy atom. The van der Waals surface area contributed by atoms with E-state index in [1.807, 2.05) is 16.2 Å². The topological polar surface area (TPSA) is 85.0 Å². The highest BCUT2D eigenvalue weighted by atomic mass is 127. The van der Waals surface area contributed by atoms with E-state index in [9.17, 15) is 0 Å². The van der Waals surface area contributed by atoms with Gasteiger partial charge < -0.3 is 15.2 Å². The van der Waals surface area contributed by atoms with E-state index in [2.05, 4.69) is 57.8 Å². The van der Waals surface area contributed by atoms with Crippen molar-refractivity contribution in [2.24, 2.45) is 4.99 Å². The third-order valence-corrected chi connectivity index (χ3v) is 3.70. The lowest BCUT2D eigenvalue weighted by Gasteiger charge is -2.11. The van der Waals surface area contributed by atoms with Gasteiger partial charge in [-0.1, -0.05) is 0 Å². The number of aryl methyl sites for hydroxylation is 4. The van der Waals surface area contributed by atoms with E-state index in [1.165, 1.54) is 5.69 Å². The minimum atomic E-state index is 0. The highest BCUT2D eigenvalue weighted by Gasteiger charge is 2.04. The summed E-state index contributed by atoms with van der Waals surface area (Å²) in [5, 5.41) is 19.1. The molecule has 2 aromatic heterocycles. The van der Waals surface area contributed by atoms with Gasteiger partial charge in [0.25, 0.3) is 0 Å². The van der Waals surface area contributed by atoms with Crippen molar-refractivity contribution in [2.75, 3.05) is 13.1 Å². The van der Waals surface area contributed by atoms with Crippen molar-refractivity contribution in [3.8, 4) is 0 Å². The molecule has 0 unspecified atom stereocenters. The zero-order valence-corrected chi connectivity index (χ0v) is 17.8. The van der Waals surface area contributed by atoms with Crippen LogP contribution in [0, 0.1) is 13.8 Å². The Hall–Kier alpha value is -1.65. The first-order valence-electron chi connectivity index (χ1n) is 8.54. The van der Waals surface area contributed by atoms with Crippen molar-refractivity contribution < 1.29 is 0 Å². The second kappa shape index (κ2) is 11.1. The van der Waals surface area contributed by atoms with E-state index >= 15 is 0 Å². The van der Waals surface area contributed by atoms with Crippen molar-refractivity contribution in [3.63, 3.8) is 0 Å². The average molecular weight is 460 g/mol. The standard InChI is InChI=1S/C16H28N8.HI/c1-5-17-16(19-11-15-21-20-12-23(15)6-2)18-8-7-9-24-14(4)10-13(3)22-24;/h10,12H,5-9,11H2,1-4H3,(H2,17,18,19);1H. The second-order valence-electron chi connectivity index (χ2n) is 5.66. The van der Waals surface area contributed by atoms with Crippen LogP contribution in [0.3, 0.4) is 0 Å². The van der Waals surface area contributed by atoms with Gasteiger partial charge in [0.1, 0.15) is 12.9 Å². The molecule has 0 aliphatic carbocycles. The Labute approximate surface area is 166 Å². The number of aromatic nitrogens is 5. The Kier molecular flexibility index (Phi) is 9.46. The molecule has 140 valence electrons. The van der Waals surface area contributed by atoms with Crippen LogP contribution in [0.2, 0.25) is 0 Å². The molecule has 8 nitrogen and oxygen atoms in total. The third kappa shape index (κ3) is 6.63. The molecule has 0 aliphatic rings. The number of nitrogens with zero attached hydrogens (tertiary/aromatic N) is 6. The fourth-order valence-corrected chi connectivity index (χ4v) is 2.49. The second-order valence-corrected chi connectivity index (χ2v) is 5.66. The van der Waals surface area contributed by atoms with E-state index < -0.39 is 0 Å². The summed E-state index contributed by atoms with van der Waals surface area (Å²) in [6.45, 7) is 12.2. The molecule has 2 rings (SSSR count). The molecule has 2 N–H and O–H groups in total. The molecule has 0 spiro atoms. The number of hydrogen-bond acceptors (Lipinski definition) is 4. The van der Waals surface area contributed by atoms with Crippen LogP contribution in [0.25, 0.3) is 0 Å². The summed E-state index contributed by atoms with van der Waals surface area (Å²) in [4.78, 5) is 4.58. The van der Waals surface area contributed by atoms with Crippen LogP contribution in [0.15, 0.2) is 17.4 Å². The number of rotatable bonds is 8. The minimum Gasteiger partial charge on any atom is -0.357 e. The molecule has 2 heterocycles. The van der Waals surface area contributed by atoms with Gasteiger partial charge in [0.05, 0.1) is 5.69 Å². The third-order valence-electron chi connectivity index (χ3n) is 3.70. The van der Waals surface area contributed by atoms with Crippen LogP contribution in [0.5, 0.6) is 0 Å². The monoisotopic (exact) mass is 460 g/mol. The normalized spacial score (nSPS) is 11.3. The zero-order chi connectivity index (χ0) is 17.4. The molecule has 0 amide bonds. The van der Waals surface area contributed by atoms with E-state index in [4.69, 9.17) is 0 Å². The molecular weight excluding hydrogens is 431 g/mol. The van der Waals surface area contributed by atoms with E-state index in [1.54, 1.807) is 6.33 Å². The largest absolute Gasteiger partial charge is 0.357 e. The van der Waals surface area contributed by atoms with E-state index in [0.717, 1.165) is 50.1 Å². The van der Waals surface area contributed by atoms with Crippen molar-refractivity contribution >= 4 is 29.9 Å². The molecule has 0 saturated carbocycles. The summed E-state index contributed by atoms with van der Waals surface area (Å²) in [7, 11) is 0. The van der Waals surface area contributed by atoms with Gasteiger partial charge in [-0.3, -0.25) is 4.68 Å². The van der Waals surface area contributed by atoms with Crippen LogP contribution in [-0.2, 0) is 19.6 Å². The predicted octanol–water partition coefficient (Wildman–Crippen LogP) is 1.87. The number of nitrogens with one attached hydrogen (secondary N) is 2. The highest BCUT2D eigenvalue weighted by Crippen LogP contribution is 2.02. The highest BCUT2D eigenvalue weighted by molar-refractivity contribution is 14.0. The lowest BCUT2D eigenvalue weighted by Crippen LogP contribution is -2.38. The lowest BCUT2D eigenvalue weighted by molar-refractivity contribution is 0.555. The first-order chi connectivity index (χ1) is 11.6. The summed E-state index contributed by atoms with van der Waals surface area (Å²) in [5.41, 5.74) is 2.27. The van der Waals surface area contributed by atoms with Crippen molar-refractivity contribution in [3.05, 3.63) is 29.6 Å². The Morgan fingerprint density at radius 1 is 1.24 bits per heavy atom. The summed E-state index contributed by atoms with van der Waals surface area (Å²) in [6, 6.07) is 2.10. The van der Waals surface area contributed by atoms with Crippen molar-refractivity contribution in [1.82, 2.24) is 35.2 Å². The number of hydrogen-bond donors (Lipinski definition) is 2. The fourth-order valence-electron chi connectivity index (χ4n) is 2.49. The number of halogens is 1. The maximum atomic E-state index is 4.58. The molecule has 9 heteroatoms. The van der Waals surface area contributed by atoms with E-state index in [0.29, 0.717) is 6.54 Å². The Morgan fingerprint density at radius 2 is 2.04 bits per heavy atom. The molecular formula is C16H29IN8. The van der Waals surface area contributed by atoms with Gasteiger partial charge >= 0.3 is 0 Å². The number of aliphatic imine (C=N–C) groups is 1. The van der Waals surface area contributed by atoms with Crippen LogP contribution in [0.4, 0.5) is 0 Å². The summed E-state index contributed by atoms with van der Waals surface area (Å²) < 4.78 is 4.04. The van der Waals surface area contributed by atoms with Gasteiger partial charge in [0.15, 0.2) is 11.8 Å². The summed E-state index contributed by atoms with van der Waals surface area (Å²) in [6.07, 6.45) is 2.72. The summed E-state index contributed by atoms with van der Waals surface area (Å²) >= 11 is 0. The minimum absolute atomic E-state index is 0. The quantitative estimate of drug-likeness (QED) is 0.272. The van der Waals surface area contributed by atoms with Gasteiger partial charge in [-0.2, -0.15) is 5.10 Å². The van der Waals surface area contributed by atoms with Gasteiger partial charge in [0, 0.05) is 31.9 Å². The smallest absolute Gasteiger partial charge is 0.191 e. The molecule has 0 bridgehead atoms. The molecule has 0 aromatic carbocycles. The molecule has 2 aromatic rings. The number of guanidine groups is 1. The molecule has 0 radical (unpaired) electrons. The van der Waals surface area contributed by atoms with Gasteiger partial charge in [-0.25, -0.2) is 4.99 Å². The summed E-state index contributed by atoms with van der Waals surface area (Å²) in [5.74, 6) is 1.67. The van der Waals surface area contributed by atoms with Crippen molar-refractivity contribution in [1.29, 1.82) is 0 Å². The maximum Gasteiger partial charge on any atom is 0.191 e. The zero-order valence-electron chi connectivity index (χ0n) is 15.5. The molecule has 0 atom stereocenters. The van der Waals surface area contributed by atoms with Crippen LogP contribution < -0.4 is 10.6 Å². The van der Waals surface area contributed by atoms with Crippen LogP contribution >= 0.6 is 24.0 Å². The van der Waals surface area contributed by atoms with E-state index in [-0.39, 0.29) is 24.0 Å². The molecule has 25 heavy (non-hydrogen) atoms. The van der Waals surface area contributed by atoms with Crippen molar-refractivity contribution in [2.45, 2.75) is 53.8 Å². The van der Waals surface area contributed by atoms with Crippen LogP contribution in [0.1, 0.15) is 37.5 Å². The SMILES string of the molecule is CCNC(=NCc1nncn1CC)NCCCn1nc(C)cc1C.I. The predicted molar refractivity (Wildman–Crippen MR) is 110 cm³/mol. The average Bonchev–Trinajstić information content (AvgIpc) is 3.14. The first kappa shape index (κ1) is 21.4.